The Bertz CT molecular complexity index is 699. The SMILES string of the molecule is CC(C)(C)OCc1nc2cc(C3(C(F)(F)F)CC3)cnc2s1. The summed E-state index contributed by atoms with van der Waals surface area (Å²) in [5.74, 6) is 0. The molecule has 0 saturated heterocycles. The third-order valence-corrected chi connectivity index (χ3v) is 4.72. The van der Waals surface area contributed by atoms with Crippen molar-refractivity contribution in [3.63, 3.8) is 0 Å². The van der Waals surface area contributed by atoms with Crippen LogP contribution in [0.5, 0.6) is 0 Å². The van der Waals surface area contributed by atoms with Crippen molar-refractivity contribution in [2.75, 3.05) is 0 Å². The zero-order valence-electron chi connectivity index (χ0n) is 12.6. The molecule has 7 heteroatoms. The average molecular weight is 330 g/mol. The number of halogens is 3. The highest BCUT2D eigenvalue weighted by atomic mass is 32.1. The molecule has 0 aromatic carbocycles. The second-order valence-electron chi connectivity index (χ2n) is 6.64. The van der Waals surface area contributed by atoms with Gasteiger partial charge in [0.2, 0.25) is 0 Å². The van der Waals surface area contributed by atoms with Crippen molar-refractivity contribution in [2.24, 2.45) is 0 Å². The molecule has 2 heterocycles. The molecule has 0 N–H and O–H groups in total. The van der Waals surface area contributed by atoms with Crippen LogP contribution in [0.1, 0.15) is 44.2 Å². The molecule has 3 nitrogen and oxygen atoms in total. The van der Waals surface area contributed by atoms with E-state index in [2.05, 4.69) is 9.97 Å². The van der Waals surface area contributed by atoms with Gasteiger partial charge in [0.25, 0.3) is 0 Å². The van der Waals surface area contributed by atoms with Crippen molar-refractivity contribution < 1.29 is 17.9 Å². The van der Waals surface area contributed by atoms with Crippen LogP contribution in [-0.4, -0.2) is 21.7 Å². The van der Waals surface area contributed by atoms with E-state index in [9.17, 15) is 13.2 Å². The number of ether oxygens (including phenoxy) is 1. The zero-order chi connectivity index (χ0) is 16.2. The third kappa shape index (κ3) is 2.84. The van der Waals surface area contributed by atoms with Crippen molar-refractivity contribution >= 4 is 21.7 Å². The van der Waals surface area contributed by atoms with E-state index in [0.717, 1.165) is 5.01 Å². The summed E-state index contributed by atoms with van der Waals surface area (Å²) in [5.41, 5.74) is -1.25. The first-order valence-corrected chi connectivity index (χ1v) is 7.89. The highest BCUT2D eigenvalue weighted by Crippen LogP contribution is 2.58. The lowest BCUT2D eigenvalue weighted by molar-refractivity contribution is -0.160. The molecule has 2 aromatic heterocycles. The first-order valence-electron chi connectivity index (χ1n) is 7.07. The molecule has 120 valence electrons. The van der Waals surface area contributed by atoms with Gasteiger partial charge in [0.15, 0.2) is 0 Å². The van der Waals surface area contributed by atoms with Crippen molar-refractivity contribution in [3.05, 3.63) is 22.8 Å². The van der Waals surface area contributed by atoms with Crippen LogP contribution in [-0.2, 0) is 16.8 Å². The molecule has 0 atom stereocenters. The Hall–Kier alpha value is -1.21. The lowest BCUT2D eigenvalue weighted by Gasteiger charge is -2.18. The van der Waals surface area contributed by atoms with Crippen molar-refractivity contribution in [1.82, 2.24) is 9.97 Å². The lowest BCUT2D eigenvalue weighted by atomic mass is 9.97. The van der Waals surface area contributed by atoms with E-state index >= 15 is 0 Å². The topological polar surface area (TPSA) is 35.0 Å². The summed E-state index contributed by atoms with van der Waals surface area (Å²) in [4.78, 5) is 9.18. The molecule has 22 heavy (non-hydrogen) atoms. The van der Waals surface area contributed by atoms with Crippen molar-refractivity contribution in [2.45, 2.75) is 57.4 Å². The number of nitrogens with zero attached hydrogens (tertiary/aromatic N) is 2. The molecule has 1 aliphatic rings. The fourth-order valence-corrected chi connectivity index (χ4v) is 3.13. The highest BCUT2D eigenvalue weighted by Gasteiger charge is 2.64. The van der Waals surface area contributed by atoms with Crippen LogP contribution >= 0.6 is 11.3 Å². The number of hydrogen-bond donors (Lipinski definition) is 0. The van der Waals surface area contributed by atoms with Gasteiger partial charge in [0.05, 0.1) is 17.6 Å². The minimum absolute atomic E-state index is 0.133. The summed E-state index contributed by atoms with van der Waals surface area (Å²) < 4.78 is 45.2. The molecule has 0 amide bonds. The maximum atomic E-state index is 13.2. The zero-order valence-corrected chi connectivity index (χ0v) is 13.4. The molecule has 0 bridgehead atoms. The van der Waals surface area contributed by atoms with Crippen LogP contribution in [0, 0.1) is 0 Å². The maximum absolute atomic E-state index is 13.2. The minimum atomic E-state index is -4.23. The molecule has 0 aliphatic heterocycles. The Balaban J connectivity index is 1.88. The molecule has 3 rings (SSSR count). The van der Waals surface area contributed by atoms with Gasteiger partial charge in [-0.15, -0.1) is 0 Å². The normalized spacial score (nSPS) is 17.9. The number of alkyl halides is 3. The Morgan fingerprint density at radius 2 is 1.95 bits per heavy atom. The van der Waals surface area contributed by atoms with Gasteiger partial charge in [-0.05, 0) is 45.2 Å². The predicted molar refractivity (Wildman–Crippen MR) is 78.9 cm³/mol. The smallest absolute Gasteiger partial charge is 0.369 e. The van der Waals surface area contributed by atoms with E-state index in [1.807, 2.05) is 20.8 Å². The van der Waals surface area contributed by atoms with Gasteiger partial charge in [0.1, 0.15) is 15.4 Å². The molecule has 2 aromatic rings. The molecule has 0 radical (unpaired) electrons. The van der Waals surface area contributed by atoms with Gasteiger partial charge in [-0.25, -0.2) is 9.97 Å². The third-order valence-electron chi connectivity index (χ3n) is 3.77. The monoisotopic (exact) mass is 330 g/mol. The van der Waals surface area contributed by atoms with Crippen LogP contribution in [0.25, 0.3) is 10.3 Å². The standard InChI is InChI=1S/C15H17F3N2OS/c1-13(2,3)21-8-11-20-10-6-9(7-19-12(10)22-11)14(4-5-14)15(16,17)18/h6-7H,4-5,8H2,1-3H3. The first kappa shape index (κ1) is 15.7. The Morgan fingerprint density at radius 3 is 2.50 bits per heavy atom. The molecule has 1 saturated carbocycles. The predicted octanol–water partition coefficient (Wildman–Crippen LogP) is 4.60. The van der Waals surface area contributed by atoms with E-state index in [1.165, 1.54) is 23.6 Å². The van der Waals surface area contributed by atoms with Gasteiger partial charge >= 0.3 is 6.18 Å². The fourth-order valence-electron chi connectivity index (χ4n) is 2.33. The molecule has 0 unspecified atom stereocenters. The lowest BCUT2D eigenvalue weighted by Crippen LogP contribution is -2.28. The van der Waals surface area contributed by atoms with Gasteiger partial charge < -0.3 is 4.74 Å². The van der Waals surface area contributed by atoms with Gasteiger partial charge in [-0.3, -0.25) is 0 Å². The fraction of sp³-hybridized carbons (Fsp3) is 0.600. The average Bonchev–Trinajstić information content (AvgIpc) is 3.10. The van der Waals surface area contributed by atoms with Crippen molar-refractivity contribution in [1.29, 1.82) is 0 Å². The number of pyridine rings is 1. The highest BCUT2D eigenvalue weighted by molar-refractivity contribution is 7.18. The van der Waals surface area contributed by atoms with Gasteiger partial charge in [-0.1, -0.05) is 11.3 Å². The number of rotatable bonds is 3. The van der Waals surface area contributed by atoms with E-state index < -0.39 is 11.6 Å². The summed E-state index contributed by atoms with van der Waals surface area (Å²) in [6.07, 6.45) is -2.62. The summed E-state index contributed by atoms with van der Waals surface area (Å²) in [6, 6.07) is 1.53. The Labute approximate surface area is 130 Å². The van der Waals surface area contributed by atoms with Crippen LogP contribution in [0.3, 0.4) is 0 Å². The molecule has 1 aliphatic carbocycles. The first-order chi connectivity index (χ1) is 10.1. The van der Waals surface area contributed by atoms with Crippen LogP contribution in [0.2, 0.25) is 0 Å². The van der Waals surface area contributed by atoms with Crippen molar-refractivity contribution in [3.8, 4) is 0 Å². The second kappa shape index (κ2) is 4.89. The van der Waals surface area contributed by atoms with E-state index in [1.54, 1.807) is 0 Å². The molecule has 0 spiro atoms. The van der Waals surface area contributed by atoms with E-state index in [4.69, 9.17) is 4.74 Å². The Morgan fingerprint density at radius 1 is 1.27 bits per heavy atom. The van der Waals surface area contributed by atoms with Crippen LogP contribution in [0.15, 0.2) is 12.3 Å². The minimum Gasteiger partial charge on any atom is -0.369 e. The second-order valence-corrected chi connectivity index (χ2v) is 7.70. The Kier molecular flexibility index (Phi) is 3.49. The summed E-state index contributed by atoms with van der Waals surface area (Å²) >= 11 is 1.36. The number of hydrogen-bond acceptors (Lipinski definition) is 4. The quantitative estimate of drug-likeness (QED) is 0.825. The number of aromatic nitrogens is 2. The number of fused-ring (bicyclic) bond motifs is 1. The molecule has 1 fully saturated rings. The van der Waals surface area contributed by atoms with Gasteiger partial charge in [-0.2, -0.15) is 13.2 Å². The van der Waals surface area contributed by atoms with Crippen LogP contribution in [0.4, 0.5) is 13.2 Å². The summed E-state index contributed by atoms with van der Waals surface area (Å²) in [5, 5.41) is 0.728. The summed E-state index contributed by atoms with van der Waals surface area (Å²) in [7, 11) is 0. The largest absolute Gasteiger partial charge is 0.398 e. The number of thiazole rings is 1. The van der Waals surface area contributed by atoms with E-state index in [0.29, 0.717) is 17.0 Å². The molecular formula is C15H17F3N2OS. The van der Waals surface area contributed by atoms with E-state index in [-0.39, 0.29) is 24.0 Å². The molecular weight excluding hydrogens is 313 g/mol. The maximum Gasteiger partial charge on any atom is 0.398 e. The van der Waals surface area contributed by atoms with Gasteiger partial charge in [0, 0.05) is 6.20 Å². The summed E-state index contributed by atoms with van der Waals surface area (Å²) in [6.45, 7) is 6.16. The van der Waals surface area contributed by atoms with Crippen LogP contribution < -0.4 is 0 Å².